The van der Waals surface area contributed by atoms with Crippen LogP contribution >= 0.6 is 27.3 Å². The highest BCUT2D eigenvalue weighted by molar-refractivity contribution is 9.10. The van der Waals surface area contributed by atoms with Crippen LogP contribution in [0.2, 0.25) is 0 Å². The molecule has 4 aromatic rings. The van der Waals surface area contributed by atoms with Gasteiger partial charge in [0.2, 0.25) is 11.8 Å². The molecule has 2 aliphatic heterocycles. The summed E-state index contributed by atoms with van der Waals surface area (Å²) in [5.74, 6) is -6.81. The first-order chi connectivity index (χ1) is 25.9. The molecule has 0 saturated carbocycles. The molecule has 1 aromatic heterocycles. The number of hydrogen-bond acceptors (Lipinski definition) is 9. The van der Waals surface area contributed by atoms with Gasteiger partial charge in [0.05, 0.1) is 12.0 Å². The number of Topliss-reactive ketones (excluding diaryl/α,β-unsaturated/α-hetero) is 1. The summed E-state index contributed by atoms with van der Waals surface area (Å²) in [6.45, 7) is 0. The summed E-state index contributed by atoms with van der Waals surface area (Å²) in [7, 11) is 0. The van der Waals surface area contributed by atoms with Crippen molar-refractivity contribution in [1.82, 2.24) is 16.0 Å². The van der Waals surface area contributed by atoms with Gasteiger partial charge >= 0.3 is 5.97 Å². The van der Waals surface area contributed by atoms with Gasteiger partial charge in [0.15, 0.2) is 18.0 Å². The van der Waals surface area contributed by atoms with Crippen LogP contribution in [0.5, 0.6) is 0 Å². The highest BCUT2D eigenvalue weighted by atomic mass is 79.9. The Hall–Kier alpha value is -5.22. The molecule has 6 atom stereocenters. The van der Waals surface area contributed by atoms with E-state index in [2.05, 4.69) is 37.2 Å². The van der Waals surface area contributed by atoms with Crippen molar-refractivity contribution >= 4 is 68.3 Å². The first-order valence-electron chi connectivity index (χ1n) is 17.1. The summed E-state index contributed by atoms with van der Waals surface area (Å²) < 4.78 is 0.775. The van der Waals surface area contributed by atoms with Crippen LogP contribution in [0.4, 0.5) is 5.69 Å². The lowest BCUT2D eigenvalue weighted by Gasteiger charge is -2.26. The number of rotatable bonds is 7. The zero-order valence-electron chi connectivity index (χ0n) is 28.8. The normalized spacial score (nSPS) is 23.4. The van der Waals surface area contributed by atoms with E-state index in [0.29, 0.717) is 21.6 Å². The quantitative estimate of drug-likeness (QED) is 0.137. The zero-order chi connectivity index (χ0) is 38.8. The largest absolute Gasteiger partial charge is 0.481 e. The average Bonchev–Trinajstić information content (AvgIpc) is 3.67. The number of fused-ring (bicyclic) bond motifs is 18. The molecule has 3 aromatic carbocycles. The van der Waals surface area contributed by atoms with Crippen LogP contribution in [0.3, 0.4) is 0 Å². The summed E-state index contributed by atoms with van der Waals surface area (Å²) >= 11 is 4.68. The molecule has 2 bridgehead atoms. The van der Waals surface area contributed by atoms with E-state index in [-0.39, 0.29) is 31.4 Å². The maximum absolute atomic E-state index is 14.2. The number of aliphatic hydroxyl groups excluding tert-OH is 2. The molecule has 7 N–H and O–H groups in total. The summed E-state index contributed by atoms with van der Waals surface area (Å²) in [4.78, 5) is 81.4. The van der Waals surface area contributed by atoms with Crippen molar-refractivity contribution in [2.24, 2.45) is 5.92 Å². The van der Waals surface area contributed by atoms with E-state index in [4.69, 9.17) is 0 Å². The Labute approximate surface area is 323 Å². The fraction of sp³-hybridized carbons (Fsp3) is 0.282. The van der Waals surface area contributed by atoms with Gasteiger partial charge in [-0.1, -0.05) is 76.6 Å². The molecule has 2 aliphatic rings. The summed E-state index contributed by atoms with van der Waals surface area (Å²) in [6, 6.07) is 21.5. The van der Waals surface area contributed by atoms with Gasteiger partial charge in [-0.3, -0.25) is 28.8 Å². The average molecular weight is 820 g/mol. The van der Waals surface area contributed by atoms with Crippen molar-refractivity contribution < 1.29 is 44.1 Å². The molecule has 0 aliphatic carbocycles. The maximum Gasteiger partial charge on any atom is 0.307 e. The predicted molar refractivity (Wildman–Crippen MR) is 203 cm³/mol. The van der Waals surface area contributed by atoms with Crippen LogP contribution in [0, 0.1) is 5.92 Å². The Kier molecular flexibility index (Phi) is 13.8. The summed E-state index contributed by atoms with van der Waals surface area (Å²) in [5, 5.41) is 43.5. The molecule has 6 rings (SSSR count). The van der Waals surface area contributed by atoms with Crippen molar-refractivity contribution in [3.63, 3.8) is 0 Å². The maximum atomic E-state index is 14.2. The van der Waals surface area contributed by atoms with Gasteiger partial charge in [-0.2, -0.15) is 0 Å². The number of nitrogens with one attached hydrogen (secondary N) is 4. The lowest BCUT2D eigenvalue weighted by atomic mass is 9.90. The van der Waals surface area contributed by atoms with Gasteiger partial charge in [-0.25, -0.2) is 0 Å². The van der Waals surface area contributed by atoms with Gasteiger partial charge in [0.1, 0.15) is 12.1 Å². The van der Waals surface area contributed by atoms with Crippen molar-refractivity contribution in [2.75, 3.05) is 5.32 Å². The van der Waals surface area contributed by atoms with E-state index in [1.54, 1.807) is 72.1 Å². The Bertz CT molecular complexity index is 1940. The predicted octanol–water partition coefficient (Wildman–Crippen LogP) is 2.57. The van der Waals surface area contributed by atoms with Gasteiger partial charge in [-0.15, -0.1) is 11.3 Å². The monoisotopic (exact) mass is 818 g/mol. The number of halogens is 1. The van der Waals surface area contributed by atoms with E-state index in [1.165, 1.54) is 35.6 Å². The fourth-order valence-corrected chi connectivity index (χ4v) is 6.96. The number of amides is 4. The number of thiophene rings is 1. The van der Waals surface area contributed by atoms with Crippen LogP contribution in [-0.4, -0.2) is 81.0 Å². The zero-order valence-corrected chi connectivity index (χ0v) is 31.2. The minimum atomic E-state index is -2.28. The molecular formula is C39H39BrN4O9S. The molecule has 0 saturated heterocycles. The van der Waals surface area contributed by atoms with Crippen LogP contribution in [0.1, 0.15) is 28.0 Å². The van der Waals surface area contributed by atoms with Gasteiger partial charge < -0.3 is 36.6 Å². The molecule has 0 radical (unpaired) electrons. The van der Waals surface area contributed by atoms with Crippen molar-refractivity contribution in [3.05, 3.63) is 122 Å². The Morgan fingerprint density at radius 1 is 0.648 bits per heavy atom. The highest BCUT2D eigenvalue weighted by Crippen LogP contribution is 2.20. The molecule has 3 heterocycles. The van der Waals surface area contributed by atoms with Crippen molar-refractivity contribution in [3.8, 4) is 0 Å². The first kappa shape index (κ1) is 40.0. The SMILES string of the molecule is O=C(O)[C@@H]1CC(=O)[C@@H](Cc2ccccc2)NC(=O)[C@H](Cc2ccc(Br)cc2)NC(=O)[C@@H](Cc2cccs2)NC(=O)[C@H](O)[C@@H](O)C(=O)Nc2ccc(cc2)C1. The third kappa shape index (κ3) is 11.1. The number of carbonyl (C=O) groups is 6. The van der Waals surface area contributed by atoms with Gasteiger partial charge in [-0.05, 0) is 65.2 Å². The third-order valence-electron chi connectivity index (χ3n) is 8.93. The number of anilines is 1. The smallest absolute Gasteiger partial charge is 0.307 e. The number of aliphatic hydroxyl groups is 2. The van der Waals surface area contributed by atoms with Crippen LogP contribution in [0.25, 0.3) is 0 Å². The Morgan fingerprint density at radius 2 is 1.22 bits per heavy atom. The third-order valence-corrected chi connectivity index (χ3v) is 10.4. The van der Waals surface area contributed by atoms with Gasteiger partial charge in [0.25, 0.3) is 11.8 Å². The first-order valence-corrected chi connectivity index (χ1v) is 18.8. The molecule has 0 spiro atoms. The molecule has 15 heteroatoms. The highest BCUT2D eigenvalue weighted by Gasteiger charge is 2.36. The Balaban J connectivity index is 1.53. The lowest BCUT2D eigenvalue weighted by molar-refractivity contribution is -0.145. The second kappa shape index (κ2) is 18.7. The molecule has 13 nitrogen and oxygen atoms in total. The Morgan fingerprint density at radius 3 is 1.85 bits per heavy atom. The number of ketones is 1. The second-order valence-electron chi connectivity index (χ2n) is 13.0. The fourth-order valence-electron chi connectivity index (χ4n) is 5.95. The molecular weight excluding hydrogens is 780 g/mol. The molecule has 54 heavy (non-hydrogen) atoms. The number of carboxylic acids is 1. The minimum Gasteiger partial charge on any atom is -0.481 e. The number of hydrogen-bond donors (Lipinski definition) is 7. The standard InChI is InChI=1S/C39H39BrN4O9S/c40-26-12-8-24(9-13-26)19-30-35(48)42-29(18-22-5-2-1-3-6-22)32(45)20-25(39(52)53)17-23-10-14-27(15-11-23)41-37(50)33(46)34(47)38(51)44-31(36(49)43-30)21-28-7-4-16-54-28/h1-16,25,29-31,33-34,46-47H,17-21H2,(H,41,50)(H,42,48)(H,43,49)(H,44,51)(H,52,53)/t25-,29+,30-,31+,33+,34+/m0/s1. The van der Waals surface area contributed by atoms with Crippen LogP contribution < -0.4 is 21.3 Å². The number of carbonyl (C=O) groups excluding carboxylic acids is 5. The van der Waals surface area contributed by atoms with Crippen molar-refractivity contribution in [1.29, 1.82) is 0 Å². The molecule has 0 unspecified atom stereocenters. The van der Waals surface area contributed by atoms with E-state index in [1.807, 2.05) is 0 Å². The van der Waals surface area contributed by atoms with E-state index < -0.39 is 78.1 Å². The van der Waals surface area contributed by atoms with E-state index in [0.717, 1.165) is 4.47 Å². The number of carboxylic acid groups (broad SMARTS) is 1. The van der Waals surface area contributed by atoms with E-state index in [9.17, 15) is 44.1 Å². The van der Waals surface area contributed by atoms with Crippen LogP contribution in [0.15, 0.2) is 101 Å². The van der Waals surface area contributed by atoms with Gasteiger partial charge in [0, 0.05) is 34.3 Å². The molecule has 0 fully saturated rings. The number of aliphatic carboxylic acids is 1. The second-order valence-corrected chi connectivity index (χ2v) is 14.9. The number of benzene rings is 3. The summed E-state index contributed by atoms with van der Waals surface area (Å²) in [5.41, 5.74) is 2.06. The topological polar surface area (TPSA) is 211 Å². The minimum absolute atomic E-state index is 0.0359. The lowest BCUT2D eigenvalue weighted by Crippen LogP contribution is -2.58. The summed E-state index contributed by atoms with van der Waals surface area (Å²) in [6.07, 6.45) is -5.04. The molecule has 282 valence electrons. The molecule has 4 amide bonds. The van der Waals surface area contributed by atoms with Crippen molar-refractivity contribution in [2.45, 2.75) is 62.4 Å². The van der Waals surface area contributed by atoms with Crippen LogP contribution in [-0.2, 0) is 54.5 Å². The van der Waals surface area contributed by atoms with E-state index >= 15 is 0 Å².